The molecule has 0 saturated carbocycles. The number of aryl methyl sites for hydroxylation is 1. The summed E-state index contributed by atoms with van der Waals surface area (Å²) in [5, 5.41) is 2.93. The lowest BCUT2D eigenvalue weighted by atomic mass is 10.1. The van der Waals surface area contributed by atoms with Crippen molar-refractivity contribution in [3.8, 4) is 0 Å². The first-order valence-corrected chi connectivity index (χ1v) is 7.25. The van der Waals surface area contributed by atoms with Crippen molar-refractivity contribution in [1.29, 1.82) is 0 Å². The minimum Gasteiger partial charge on any atom is -0.321 e. The van der Waals surface area contributed by atoms with E-state index in [4.69, 9.17) is 0 Å². The van der Waals surface area contributed by atoms with E-state index >= 15 is 0 Å². The molecule has 0 aliphatic rings. The molecule has 4 heteroatoms. The Morgan fingerprint density at radius 1 is 1.14 bits per heavy atom. The molecule has 0 spiro atoms. The van der Waals surface area contributed by atoms with E-state index < -0.39 is 0 Å². The van der Waals surface area contributed by atoms with Crippen LogP contribution in [-0.2, 0) is 0 Å². The summed E-state index contributed by atoms with van der Waals surface area (Å²) >= 11 is 0. The zero-order valence-corrected chi connectivity index (χ0v) is 13.4. The lowest BCUT2D eigenvalue weighted by Gasteiger charge is -2.26. The van der Waals surface area contributed by atoms with Gasteiger partial charge in [-0.1, -0.05) is 24.3 Å². The summed E-state index contributed by atoms with van der Waals surface area (Å²) in [7, 11) is 1.73. The van der Waals surface area contributed by atoms with Crippen LogP contribution in [0.4, 0.5) is 14.9 Å². The summed E-state index contributed by atoms with van der Waals surface area (Å²) in [5.74, 6) is -0.279. The van der Waals surface area contributed by atoms with Gasteiger partial charge < -0.3 is 10.2 Å². The predicted molar refractivity (Wildman–Crippen MR) is 87.5 cm³/mol. The fourth-order valence-electron chi connectivity index (χ4n) is 2.23. The summed E-state index contributed by atoms with van der Waals surface area (Å²) < 4.78 is 13.0. The Bertz CT molecular complexity index is 667. The van der Waals surface area contributed by atoms with E-state index in [9.17, 15) is 9.18 Å². The van der Waals surface area contributed by atoms with Gasteiger partial charge in [0.1, 0.15) is 5.82 Å². The van der Waals surface area contributed by atoms with Crippen molar-refractivity contribution >= 4 is 11.7 Å². The van der Waals surface area contributed by atoms with Gasteiger partial charge in [-0.2, -0.15) is 0 Å². The van der Waals surface area contributed by atoms with Crippen LogP contribution in [0.15, 0.2) is 42.5 Å². The predicted octanol–water partition coefficient (Wildman–Crippen LogP) is 4.67. The van der Waals surface area contributed by atoms with Gasteiger partial charge in [0.2, 0.25) is 0 Å². The van der Waals surface area contributed by atoms with Crippen molar-refractivity contribution in [2.45, 2.75) is 26.8 Å². The highest BCUT2D eigenvalue weighted by molar-refractivity contribution is 5.90. The molecule has 0 saturated heterocycles. The number of hydrogen-bond acceptors (Lipinski definition) is 1. The van der Waals surface area contributed by atoms with Gasteiger partial charge in [0.25, 0.3) is 0 Å². The second-order valence-corrected chi connectivity index (χ2v) is 5.52. The smallest absolute Gasteiger partial charge is 0.321 e. The molecule has 0 aliphatic heterocycles. The SMILES string of the molecule is Cc1cccc(NC(=O)N(C)[C@H](C)c2ccc(F)cc2)c1C. The highest BCUT2D eigenvalue weighted by Crippen LogP contribution is 2.22. The maximum Gasteiger partial charge on any atom is 0.322 e. The van der Waals surface area contributed by atoms with Crippen molar-refractivity contribution in [3.05, 3.63) is 65.0 Å². The first kappa shape index (κ1) is 16.0. The van der Waals surface area contributed by atoms with Gasteiger partial charge in [-0.25, -0.2) is 9.18 Å². The van der Waals surface area contributed by atoms with Crippen molar-refractivity contribution in [3.63, 3.8) is 0 Å². The maximum absolute atomic E-state index is 13.0. The van der Waals surface area contributed by atoms with Crippen molar-refractivity contribution < 1.29 is 9.18 Å². The van der Waals surface area contributed by atoms with Crippen molar-refractivity contribution in [2.75, 3.05) is 12.4 Å². The molecule has 0 fully saturated rings. The minimum atomic E-state index is -0.279. The summed E-state index contributed by atoms with van der Waals surface area (Å²) in [6, 6.07) is 11.7. The Morgan fingerprint density at radius 3 is 2.41 bits per heavy atom. The van der Waals surface area contributed by atoms with Gasteiger partial charge >= 0.3 is 6.03 Å². The van der Waals surface area contributed by atoms with Crippen LogP contribution in [-0.4, -0.2) is 18.0 Å². The van der Waals surface area contributed by atoms with E-state index in [1.54, 1.807) is 24.1 Å². The quantitative estimate of drug-likeness (QED) is 0.878. The van der Waals surface area contributed by atoms with Crippen LogP contribution in [0.5, 0.6) is 0 Å². The third kappa shape index (κ3) is 3.45. The van der Waals surface area contributed by atoms with Gasteiger partial charge in [-0.15, -0.1) is 0 Å². The number of carbonyl (C=O) groups excluding carboxylic acids is 1. The lowest BCUT2D eigenvalue weighted by Crippen LogP contribution is -2.33. The van der Waals surface area contributed by atoms with Gasteiger partial charge in [0, 0.05) is 12.7 Å². The van der Waals surface area contributed by atoms with Crippen LogP contribution < -0.4 is 5.32 Å². The first-order valence-electron chi connectivity index (χ1n) is 7.25. The molecule has 2 amide bonds. The normalized spacial score (nSPS) is 11.9. The highest BCUT2D eigenvalue weighted by atomic mass is 19.1. The largest absolute Gasteiger partial charge is 0.322 e. The van der Waals surface area contributed by atoms with Gasteiger partial charge in [0.15, 0.2) is 0 Å². The minimum absolute atomic E-state index is 0.147. The number of hydrogen-bond donors (Lipinski definition) is 1. The molecule has 0 bridgehead atoms. The van der Waals surface area contributed by atoms with Crippen molar-refractivity contribution in [2.24, 2.45) is 0 Å². The van der Waals surface area contributed by atoms with E-state index in [-0.39, 0.29) is 17.9 Å². The molecule has 2 aromatic rings. The molecule has 116 valence electrons. The molecule has 2 aromatic carbocycles. The first-order chi connectivity index (χ1) is 10.4. The monoisotopic (exact) mass is 300 g/mol. The van der Waals surface area contributed by atoms with Gasteiger partial charge in [-0.3, -0.25) is 0 Å². The highest BCUT2D eigenvalue weighted by Gasteiger charge is 2.18. The Balaban J connectivity index is 2.11. The van der Waals surface area contributed by atoms with Gasteiger partial charge in [0.05, 0.1) is 6.04 Å². The van der Waals surface area contributed by atoms with E-state index in [1.165, 1.54) is 12.1 Å². The third-order valence-corrected chi connectivity index (χ3v) is 4.10. The fourth-order valence-corrected chi connectivity index (χ4v) is 2.23. The molecule has 1 N–H and O–H groups in total. The Hall–Kier alpha value is -2.36. The van der Waals surface area contributed by atoms with Crippen molar-refractivity contribution in [1.82, 2.24) is 4.90 Å². The molecular weight excluding hydrogens is 279 g/mol. The maximum atomic E-state index is 13.0. The fraction of sp³-hybridized carbons (Fsp3) is 0.278. The second-order valence-electron chi connectivity index (χ2n) is 5.52. The molecule has 0 aliphatic carbocycles. The number of nitrogens with zero attached hydrogens (tertiary/aromatic N) is 1. The van der Waals surface area contributed by atoms with Crippen LogP contribution in [0.2, 0.25) is 0 Å². The van der Waals surface area contributed by atoms with Crippen LogP contribution in [0.1, 0.15) is 29.7 Å². The molecule has 0 aromatic heterocycles. The summed E-state index contributed by atoms with van der Waals surface area (Å²) in [6.45, 7) is 5.90. The van der Waals surface area contributed by atoms with Crippen LogP contribution >= 0.6 is 0 Å². The second kappa shape index (κ2) is 6.60. The number of halogens is 1. The molecular formula is C18H21FN2O. The number of rotatable bonds is 3. The summed E-state index contributed by atoms with van der Waals surface area (Å²) in [6.07, 6.45) is 0. The summed E-state index contributed by atoms with van der Waals surface area (Å²) in [5.41, 5.74) is 3.88. The number of nitrogens with one attached hydrogen (secondary N) is 1. The number of anilines is 1. The van der Waals surface area contributed by atoms with Crippen LogP contribution in [0, 0.1) is 19.7 Å². The molecule has 1 atom stereocenters. The van der Waals surface area contributed by atoms with Crippen LogP contribution in [0.3, 0.4) is 0 Å². The Kier molecular flexibility index (Phi) is 4.81. The Morgan fingerprint density at radius 2 is 1.77 bits per heavy atom. The standard InChI is InChI=1S/C18H21FN2O/c1-12-6-5-7-17(13(12)2)20-18(22)21(4)14(3)15-8-10-16(19)11-9-15/h5-11,14H,1-4H3,(H,20,22)/t14-/m1/s1. The molecule has 0 heterocycles. The van der Waals surface area contributed by atoms with E-state index in [1.807, 2.05) is 39.0 Å². The Labute approximate surface area is 130 Å². The lowest BCUT2D eigenvalue weighted by molar-refractivity contribution is 0.208. The zero-order chi connectivity index (χ0) is 16.3. The summed E-state index contributed by atoms with van der Waals surface area (Å²) in [4.78, 5) is 14.0. The molecule has 3 nitrogen and oxygen atoms in total. The average Bonchev–Trinajstić information content (AvgIpc) is 2.51. The van der Waals surface area contributed by atoms with Gasteiger partial charge in [-0.05, 0) is 55.7 Å². The van der Waals surface area contributed by atoms with E-state index in [0.717, 1.165) is 22.4 Å². The number of benzene rings is 2. The zero-order valence-electron chi connectivity index (χ0n) is 13.4. The third-order valence-electron chi connectivity index (χ3n) is 4.10. The number of urea groups is 1. The molecule has 0 unspecified atom stereocenters. The number of carbonyl (C=O) groups is 1. The molecule has 2 rings (SSSR count). The van der Waals surface area contributed by atoms with E-state index in [0.29, 0.717) is 0 Å². The number of amides is 2. The van der Waals surface area contributed by atoms with E-state index in [2.05, 4.69) is 5.32 Å². The average molecular weight is 300 g/mol. The topological polar surface area (TPSA) is 32.3 Å². The molecule has 22 heavy (non-hydrogen) atoms. The molecule has 0 radical (unpaired) electrons. The van der Waals surface area contributed by atoms with Crippen LogP contribution in [0.25, 0.3) is 0 Å².